The maximum absolute atomic E-state index is 12.5. The van der Waals surface area contributed by atoms with Crippen molar-refractivity contribution in [2.45, 2.75) is 33.5 Å². The highest BCUT2D eigenvalue weighted by atomic mass is 19.3. The SMILES string of the molecule is CCn1ncc(CN(C)C(=O)c2ccn(C(F)F)n2)c1C. The number of alkyl halides is 2. The third-order valence-electron chi connectivity index (χ3n) is 3.29. The van der Waals surface area contributed by atoms with Crippen LogP contribution in [0.25, 0.3) is 0 Å². The van der Waals surface area contributed by atoms with Gasteiger partial charge < -0.3 is 4.90 Å². The summed E-state index contributed by atoms with van der Waals surface area (Å²) in [5, 5.41) is 7.78. The van der Waals surface area contributed by atoms with Crippen LogP contribution in [0.3, 0.4) is 0 Å². The standard InChI is InChI=1S/C13H17F2N5O/c1-4-19-9(2)10(7-16-19)8-18(3)12(21)11-5-6-20(17-11)13(14)15/h5-7,13H,4,8H2,1-3H3. The lowest BCUT2D eigenvalue weighted by atomic mass is 10.2. The fourth-order valence-corrected chi connectivity index (χ4v) is 2.04. The van der Waals surface area contributed by atoms with Crippen LogP contribution in [0.4, 0.5) is 8.78 Å². The third-order valence-corrected chi connectivity index (χ3v) is 3.29. The number of aryl methyl sites for hydroxylation is 1. The molecule has 114 valence electrons. The normalized spacial score (nSPS) is 11.1. The second-order valence-corrected chi connectivity index (χ2v) is 4.69. The Balaban J connectivity index is 2.09. The van der Waals surface area contributed by atoms with Gasteiger partial charge in [0.15, 0.2) is 5.69 Å². The minimum absolute atomic E-state index is 0.00154. The Kier molecular flexibility index (Phi) is 4.35. The van der Waals surface area contributed by atoms with E-state index in [0.29, 0.717) is 11.2 Å². The Hall–Kier alpha value is -2.25. The summed E-state index contributed by atoms with van der Waals surface area (Å²) >= 11 is 0. The molecule has 0 saturated carbocycles. The Bertz CT molecular complexity index is 634. The van der Waals surface area contributed by atoms with Crippen LogP contribution in [-0.4, -0.2) is 37.4 Å². The molecule has 0 atom stereocenters. The molecule has 1 amide bonds. The predicted octanol–water partition coefficient (Wildman–Crippen LogP) is 2.08. The van der Waals surface area contributed by atoms with Crippen molar-refractivity contribution >= 4 is 5.91 Å². The van der Waals surface area contributed by atoms with E-state index < -0.39 is 12.5 Å². The molecule has 0 unspecified atom stereocenters. The molecule has 2 aromatic rings. The van der Waals surface area contributed by atoms with Gasteiger partial charge in [0.1, 0.15) is 0 Å². The first-order valence-corrected chi connectivity index (χ1v) is 6.54. The largest absolute Gasteiger partial charge is 0.336 e. The van der Waals surface area contributed by atoms with E-state index in [4.69, 9.17) is 0 Å². The third kappa shape index (κ3) is 3.09. The molecule has 8 heteroatoms. The average Bonchev–Trinajstić information content (AvgIpc) is 3.06. The maximum atomic E-state index is 12.5. The maximum Gasteiger partial charge on any atom is 0.333 e. The van der Waals surface area contributed by atoms with Crippen molar-refractivity contribution in [2.24, 2.45) is 0 Å². The Morgan fingerprint density at radius 2 is 2.19 bits per heavy atom. The van der Waals surface area contributed by atoms with Crippen molar-refractivity contribution in [3.8, 4) is 0 Å². The van der Waals surface area contributed by atoms with Crippen LogP contribution in [0, 0.1) is 6.92 Å². The summed E-state index contributed by atoms with van der Waals surface area (Å²) < 4.78 is 27.2. The lowest BCUT2D eigenvalue weighted by Gasteiger charge is -2.15. The zero-order chi connectivity index (χ0) is 15.6. The van der Waals surface area contributed by atoms with Crippen LogP contribution in [-0.2, 0) is 13.1 Å². The fraction of sp³-hybridized carbons (Fsp3) is 0.462. The van der Waals surface area contributed by atoms with Gasteiger partial charge in [0.2, 0.25) is 0 Å². The second kappa shape index (κ2) is 6.02. The molecule has 2 rings (SSSR count). The molecular weight excluding hydrogens is 280 g/mol. The van der Waals surface area contributed by atoms with Gasteiger partial charge >= 0.3 is 6.55 Å². The van der Waals surface area contributed by atoms with E-state index in [-0.39, 0.29) is 5.69 Å². The Morgan fingerprint density at radius 1 is 1.48 bits per heavy atom. The second-order valence-electron chi connectivity index (χ2n) is 4.69. The first-order valence-electron chi connectivity index (χ1n) is 6.54. The van der Waals surface area contributed by atoms with E-state index in [1.165, 1.54) is 11.0 Å². The number of carbonyl (C=O) groups is 1. The van der Waals surface area contributed by atoms with Gasteiger partial charge in [-0.05, 0) is 19.9 Å². The fourth-order valence-electron chi connectivity index (χ4n) is 2.04. The summed E-state index contributed by atoms with van der Waals surface area (Å²) in [5.74, 6) is -0.405. The van der Waals surface area contributed by atoms with Gasteiger partial charge in [0.25, 0.3) is 5.91 Å². The highest BCUT2D eigenvalue weighted by Gasteiger charge is 2.18. The molecule has 2 aromatic heterocycles. The molecule has 0 aromatic carbocycles. The number of hydrogen-bond donors (Lipinski definition) is 0. The van der Waals surface area contributed by atoms with E-state index in [1.54, 1.807) is 13.2 Å². The van der Waals surface area contributed by atoms with Crippen LogP contribution >= 0.6 is 0 Å². The number of nitrogens with zero attached hydrogens (tertiary/aromatic N) is 5. The monoisotopic (exact) mass is 297 g/mol. The van der Waals surface area contributed by atoms with Crippen molar-refractivity contribution in [3.63, 3.8) is 0 Å². The lowest BCUT2D eigenvalue weighted by Crippen LogP contribution is -2.27. The summed E-state index contributed by atoms with van der Waals surface area (Å²) in [6.07, 6.45) is 2.80. The molecule has 0 aliphatic heterocycles. The van der Waals surface area contributed by atoms with Crippen LogP contribution in [0.2, 0.25) is 0 Å². The van der Waals surface area contributed by atoms with Crippen molar-refractivity contribution in [2.75, 3.05) is 7.05 Å². The minimum Gasteiger partial charge on any atom is -0.336 e. The van der Waals surface area contributed by atoms with Crippen LogP contribution in [0.15, 0.2) is 18.5 Å². The highest BCUT2D eigenvalue weighted by Crippen LogP contribution is 2.13. The smallest absolute Gasteiger partial charge is 0.333 e. The van der Waals surface area contributed by atoms with Crippen LogP contribution < -0.4 is 0 Å². The Morgan fingerprint density at radius 3 is 2.71 bits per heavy atom. The lowest BCUT2D eigenvalue weighted by molar-refractivity contribution is 0.0553. The van der Waals surface area contributed by atoms with Crippen molar-refractivity contribution in [1.82, 2.24) is 24.5 Å². The zero-order valence-electron chi connectivity index (χ0n) is 12.1. The molecule has 0 fully saturated rings. The van der Waals surface area contributed by atoms with E-state index in [1.807, 2.05) is 18.5 Å². The summed E-state index contributed by atoms with van der Waals surface area (Å²) in [7, 11) is 1.60. The molecule has 21 heavy (non-hydrogen) atoms. The zero-order valence-corrected chi connectivity index (χ0v) is 12.1. The molecule has 6 nitrogen and oxygen atoms in total. The van der Waals surface area contributed by atoms with Crippen LogP contribution in [0.5, 0.6) is 0 Å². The van der Waals surface area contributed by atoms with E-state index in [9.17, 15) is 13.6 Å². The average molecular weight is 297 g/mol. The van der Waals surface area contributed by atoms with Crippen molar-refractivity contribution in [3.05, 3.63) is 35.4 Å². The molecule has 0 N–H and O–H groups in total. The number of aromatic nitrogens is 4. The molecular formula is C13H17F2N5O. The van der Waals surface area contributed by atoms with Gasteiger partial charge in [-0.25, -0.2) is 4.68 Å². The molecule has 0 radical (unpaired) electrons. The van der Waals surface area contributed by atoms with Gasteiger partial charge in [0.05, 0.1) is 6.20 Å². The molecule has 0 aliphatic carbocycles. The summed E-state index contributed by atoms with van der Waals surface area (Å²) in [4.78, 5) is 13.6. The van der Waals surface area contributed by atoms with Gasteiger partial charge in [-0.1, -0.05) is 0 Å². The summed E-state index contributed by atoms with van der Waals surface area (Å²) in [6.45, 7) is 2.27. The number of halogens is 2. The van der Waals surface area contributed by atoms with Crippen molar-refractivity contribution < 1.29 is 13.6 Å². The molecule has 2 heterocycles. The van der Waals surface area contributed by atoms with Crippen LogP contribution in [0.1, 0.15) is 35.2 Å². The van der Waals surface area contributed by atoms with E-state index in [0.717, 1.165) is 24.0 Å². The quantitative estimate of drug-likeness (QED) is 0.849. The predicted molar refractivity (Wildman–Crippen MR) is 71.9 cm³/mol. The van der Waals surface area contributed by atoms with E-state index in [2.05, 4.69) is 10.2 Å². The minimum atomic E-state index is -2.75. The van der Waals surface area contributed by atoms with Crippen molar-refractivity contribution in [1.29, 1.82) is 0 Å². The molecule has 0 spiro atoms. The first-order chi connectivity index (χ1) is 9.93. The molecule has 0 aliphatic rings. The Labute approximate surface area is 121 Å². The molecule has 0 saturated heterocycles. The van der Waals surface area contributed by atoms with Gasteiger partial charge in [-0.15, -0.1) is 0 Å². The van der Waals surface area contributed by atoms with E-state index >= 15 is 0 Å². The topological polar surface area (TPSA) is 56.0 Å². The number of amides is 1. The van der Waals surface area contributed by atoms with Gasteiger partial charge in [0, 0.05) is 37.6 Å². The molecule has 0 bridgehead atoms. The highest BCUT2D eigenvalue weighted by molar-refractivity contribution is 5.91. The number of hydrogen-bond acceptors (Lipinski definition) is 3. The summed E-state index contributed by atoms with van der Waals surface area (Å²) in [5.41, 5.74) is 1.90. The number of rotatable bonds is 5. The first kappa shape index (κ1) is 15.1. The number of carbonyl (C=O) groups excluding carboxylic acids is 1. The summed E-state index contributed by atoms with van der Waals surface area (Å²) in [6, 6.07) is 1.29. The van der Waals surface area contributed by atoms with Gasteiger partial charge in [-0.3, -0.25) is 9.48 Å². The van der Waals surface area contributed by atoms with Gasteiger partial charge in [-0.2, -0.15) is 19.0 Å².